The van der Waals surface area contributed by atoms with Crippen molar-refractivity contribution in [1.82, 2.24) is 14.9 Å². The third kappa shape index (κ3) is 7.27. The Morgan fingerprint density at radius 1 is 1.08 bits per heavy atom. The molecule has 8 heteroatoms. The second kappa shape index (κ2) is 11.8. The number of hydrogen-bond donors (Lipinski definition) is 0. The van der Waals surface area contributed by atoms with Gasteiger partial charge in [-0.1, -0.05) is 30.3 Å². The van der Waals surface area contributed by atoms with E-state index in [9.17, 15) is 9.59 Å². The van der Waals surface area contributed by atoms with Gasteiger partial charge >= 0.3 is 6.09 Å². The minimum Gasteiger partial charge on any atom is -0.444 e. The fourth-order valence-electron chi connectivity index (χ4n) is 4.51. The lowest BCUT2D eigenvalue weighted by molar-refractivity contribution is -0.270. The van der Waals surface area contributed by atoms with Gasteiger partial charge < -0.3 is 14.4 Å². The van der Waals surface area contributed by atoms with Gasteiger partial charge in [0, 0.05) is 32.3 Å². The SMILES string of the molecule is CC(C)(C)OC(=O)N1CCC(c2ccnc(C(=O)N(Cc3ccccc3)OC3CCCCO3)c2)CC1. The van der Waals surface area contributed by atoms with Crippen LogP contribution in [0, 0.1) is 0 Å². The Hall–Kier alpha value is -2.97. The summed E-state index contributed by atoms with van der Waals surface area (Å²) in [5, 5.41) is 1.38. The highest BCUT2D eigenvalue weighted by Crippen LogP contribution is 2.29. The third-order valence-corrected chi connectivity index (χ3v) is 6.40. The van der Waals surface area contributed by atoms with Crippen LogP contribution in [0.4, 0.5) is 4.79 Å². The van der Waals surface area contributed by atoms with E-state index in [2.05, 4.69) is 4.98 Å². The van der Waals surface area contributed by atoms with E-state index < -0.39 is 11.9 Å². The predicted octanol–water partition coefficient (Wildman–Crippen LogP) is 5.30. The van der Waals surface area contributed by atoms with E-state index in [0.29, 0.717) is 31.9 Å². The smallest absolute Gasteiger partial charge is 0.410 e. The second-order valence-electron chi connectivity index (χ2n) is 10.4. The molecular weight excluding hydrogens is 458 g/mol. The van der Waals surface area contributed by atoms with Crippen LogP contribution in [0.25, 0.3) is 0 Å². The van der Waals surface area contributed by atoms with Crippen molar-refractivity contribution in [3.8, 4) is 0 Å². The number of hydroxylamine groups is 2. The van der Waals surface area contributed by atoms with Gasteiger partial charge in [0.15, 0.2) is 6.29 Å². The van der Waals surface area contributed by atoms with Gasteiger partial charge in [0.2, 0.25) is 0 Å². The van der Waals surface area contributed by atoms with Crippen LogP contribution < -0.4 is 0 Å². The molecule has 2 saturated heterocycles. The van der Waals surface area contributed by atoms with Crippen LogP contribution in [-0.2, 0) is 20.9 Å². The third-order valence-electron chi connectivity index (χ3n) is 6.40. The summed E-state index contributed by atoms with van der Waals surface area (Å²) < 4.78 is 11.2. The lowest BCUT2D eigenvalue weighted by Gasteiger charge is -2.33. The Morgan fingerprint density at radius 3 is 2.50 bits per heavy atom. The Morgan fingerprint density at radius 2 is 1.83 bits per heavy atom. The molecule has 36 heavy (non-hydrogen) atoms. The fraction of sp³-hybridized carbons (Fsp3) is 0.536. The lowest BCUT2D eigenvalue weighted by atomic mass is 9.89. The van der Waals surface area contributed by atoms with E-state index >= 15 is 0 Å². The van der Waals surface area contributed by atoms with Crippen molar-refractivity contribution in [2.75, 3.05) is 19.7 Å². The molecule has 1 atom stereocenters. The summed E-state index contributed by atoms with van der Waals surface area (Å²) in [6.07, 6.45) is 5.34. The molecule has 3 heterocycles. The Balaban J connectivity index is 1.44. The first-order chi connectivity index (χ1) is 17.3. The molecule has 2 aromatic rings. The summed E-state index contributed by atoms with van der Waals surface area (Å²) in [4.78, 5) is 38.1. The maximum Gasteiger partial charge on any atom is 0.410 e. The number of aromatic nitrogens is 1. The molecule has 1 unspecified atom stereocenters. The fourth-order valence-corrected chi connectivity index (χ4v) is 4.51. The molecule has 4 rings (SSSR count). The quantitative estimate of drug-likeness (QED) is 0.506. The molecule has 194 valence electrons. The minimum atomic E-state index is -0.509. The molecule has 2 aliphatic rings. The highest BCUT2D eigenvalue weighted by molar-refractivity contribution is 5.91. The first-order valence-corrected chi connectivity index (χ1v) is 12.9. The first kappa shape index (κ1) is 26.1. The van der Waals surface area contributed by atoms with Gasteiger partial charge in [0.25, 0.3) is 5.91 Å². The normalized spacial score (nSPS) is 19.1. The summed E-state index contributed by atoms with van der Waals surface area (Å²) in [5.41, 5.74) is 1.84. The number of piperidine rings is 1. The number of pyridine rings is 1. The lowest BCUT2D eigenvalue weighted by Crippen LogP contribution is -2.41. The van der Waals surface area contributed by atoms with Crippen LogP contribution in [0.15, 0.2) is 48.7 Å². The molecule has 1 aromatic heterocycles. The molecule has 0 bridgehead atoms. The second-order valence-corrected chi connectivity index (χ2v) is 10.4. The van der Waals surface area contributed by atoms with Gasteiger partial charge in [-0.15, -0.1) is 0 Å². The Bertz CT molecular complexity index is 1010. The Labute approximate surface area is 213 Å². The summed E-state index contributed by atoms with van der Waals surface area (Å²) in [6, 6.07) is 13.6. The van der Waals surface area contributed by atoms with Crippen molar-refractivity contribution < 1.29 is 23.9 Å². The predicted molar refractivity (Wildman–Crippen MR) is 135 cm³/mol. The summed E-state index contributed by atoms with van der Waals surface area (Å²) in [5.74, 6) is -0.0514. The van der Waals surface area contributed by atoms with Crippen molar-refractivity contribution in [3.05, 3.63) is 65.5 Å². The van der Waals surface area contributed by atoms with Gasteiger partial charge in [-0.2, -0.15) is 0 Å². The molecule has 0 radical (unpaired) electrons. The van der Waals surface area contributed by atoms with Crippen molar-refractivity contribution in [1.29, 1.82) is 0 Å². The molecule has 8 nitrogen and oxygen atoms in total. The molecule has 0 spiro atoms. The van der Waals surface area contributed by atoms with Crippen molar-refractivity contribution in [3.63, 3.8) is 0 Å². The van der Waals surface area contributed by atoms with Crippen LogP contribution in [0.1, 0.15) is 80.4 Å². The van der Waals surface area contributed by atoms with E-state index in [1.807, 2.05) is 63.2 Å². The van der Waals surface area contributed by atoms with Crippen molar-refractivity contribution in [2.45, 2.75) is 77.2 Å². The van der Waals surface area contributed by atoms with E-state index in [-0.39, 0.29) is 17.9 Å². The zero-order chi connectivity index (χ0) is 25.5. The number of hydrogen-bond acceptors (Lipinski definition) is 6. The largest absolute Gasteiger partial charge is 0.444 e. The zero-order valence-electron chi connectivity index (χ0n) is 21.5. The maximum absolute atomic E-state index is 13.5. The van der Waals surface area contributed by atoms with Gasteiger partial charge in [0.05, 0.1) is 6.54 Å². The number of ether oxygens (including phenoxy) is 2. The molecule has 2 amide bonds. The molecule has 2 aliphatic heterocycles. The highest BCUT2D eigenvalue weighted by Gasteiger charge is 2.29. The summed E-state index contributed by atoms with van der Waals surface area (Å²) in [7, 11) is 0. The van der Waals surface area contributed by atoms with Crippen LogP contribution in [0.2, 0.25) is 0 Å². The molecule has 0 saturated carbocycles. The number of amides is 2. The van der Waals surface area contributed by atoms with Gasteiger partial charge in [-0.25, -0.2) is 14.7 Å². The van der Waals surface area contributed by atoms with Crippen LogP contribution in [-0.4, -0.2) is 58.5 Å². The van der Waals surface area contributed by atoms with Gasteiger partial charge in [-0.3, -0.25) is 9.78 Å². The summed E-state index contributed by atoms with van der Waals surface area (Å²) >= 11 is 0. The maximum atomic E-state index is 13.5. The molecule has 1 aromatic carbocycles. The Kier molecular flexibility index (Phi) is 8.59. The zero-order valence-corrected chi connectivity index (χ0v) is 21.5. The van der Waals surface area contributed by atoms with Crippen molar-refractivity contribution in [2.24, 2.45) is 0 Å². The van der Waals surface area contributed by atoms with Crippen LogP contribution >= 0.6 is 0 Å². The van der Waals surface area contributed by atoms with Gasteiger partial charge in [0.1, 0.15) is 11.3 Å². The van der Waals surface area contributed by atoms with Crippen molar-refractivity contribution >= 4 is 12.0 Å². The summed E-state index contributed by atoms with van der Waals surface area (Å²) in [6.45, 7) is 7.80. The monoisotopic (exact) mass is 495 g/mol. The van der Waals surface area contributed by atoms with E-state index in [1.54, 1.807) is 11.1 Å². The average Bonchev–Trinajstić information content (AvgIpc) is 2.88. The average molecular weight is 496 g/mol. The van der Waals surface area contributed by atoms with Crippen LogP contribution in [0.3, 0.4) is 0 Å². The molecule has 0 aliphatic carbocycles. The number of benzene rings is 1. The number of carbonyl (C=O) groups is 2. The highest BCUT2D eigenvalue weighted by atomic mass is 16.8. The van der Waals surface area contributed by atoms with Crippen LogP contribution in [0.5, 0.6) is 0 Å². The minimum absolute atomic E-state index is 0.239. The van der Waals surface area contributed by atoms with E-state index in [0.717, 1.165) is 43.2 Å². The molecule has 2 fully saturated rings. The number of carbonyl (C=O) groups excluding carboxylic acids is 2. The topological polar surface area (TPSA) is 81.2 Å². The number of likely N-dealkylation sites (tertiary alicyclic amines) is 1. The van der Waals surface area contributed by atoms with E-state index in [4.69, 9.17) is 14.3 Å². The van der Waals surface area contributed by atoms with Gasteiger partial charge in [-0.05, 0) is 75.6 Å². The standard InChI is InChI=1S/C28H37N3O5/c1-28(2,3)35-27(33)30-16-13-22(14-17-30)23-12-15-29-24(19-23)26(32)31(20-21-9-5-4-6-10-21)36-25-11-7-8-18-34-25/h4-6,9-10,12,15,19,22,25H,7-8,11,13-14,16-18,20H2,1-3H3. The molecular formula is C28H37N3O5. The number of rotatable bonds is 6. The van der Waals surface area contributed by atoms with E-state index in [1.165, 1.54) is 5.06 Å². The number of nitrogens with zero attached hydrogens (tertiary/aromatic N) is 3. The molecule has 0 N–H and O–H groups in total. The first-order valence-electron chi connectivity index (χ1n) is 12.9.